The minimum absolute atomic E-state index is 0.0196. The van der Waals surface area contributed by atoms with E-state index in [1.54, 1.807) is 24.3 Å². The van der Waals surface area contributed by atoms with Crippen LogP contribution in [-0.2, 0) is 9.53 Å². The van der Waals surface area contributed by atoms with E-state index in [2.05, 4.69) is 26.0 Å². The molecule has 0 fully saturated rings. The van der Waals surface area contributed by atoms with Crippen LogP contribution in [0.3, 0.4) is 0 Å². The maximum Gasteiger partial charge on any atom is 0.333 e. The standard InChI is InChI=1S/C15H12BrF2NO2/c1-21-15(20)14(12-7-4-10(17)8-13(12)18)19-11-5-2-9(16)3-6-11/h2-8,14,19H,1H3. The van der Waals surface area contributed by atoms with Gasteiger partial charge in [0.2, 0.25) is 0 Å². The number of hydrogen-bond donors (Lipinski definition) is 1. The topological polar surface area (TPSA) is 38.3 Å². The molecular formula is C15H12BrF2NO2. The molecule has 0 saturated carbocycles. The maximum absolute atomic E-state index is 13.9. The van der Waals surface area contributed by atoms with Crippen molar-refractivity contribution in [3.63, 3.8) is 0 Å². The first-order valence-electron chi connectivity index (χ1n) is 6.06. The molecule has 2 aromatic carbocycles. The summed E-state index contributed by atoms with van der Waals surface area (Å²) in [7, 11) is 1.21. The van der Waals surface area contributed by atoms with E-state index < -0.39 is 23.6 Å². The highest BCUT2D eigenvalue weighted by Crippen LogP contribution is 2.25. The van der Waals surface area contributed by atoms with Crippen molar-refractivity contribution in [2.75, 3.05) is 12.4 Å². The molecule has 6 heteroatoms. The second-order valence-electron chi connectivity index (χ2n) is 4.27. The lowest BCUT2D eigenvalue weighted by molar-refractivity contribution is -0.141. The zero-order valence-corrected chi connectivity index (χ0v) is 12.7. The predicted octanol–water partition coefficient (Wildman–Crippen LogP) is 4.05. The molecular weight excluding hydrogens is 344 g/mol. The van der Waals surface area contributed by atoms with Gasteiger partial charge < -0.3 is 10.1 Å². The minimum Gasteiger partial charge on any atom is -0.467 e. The van der Waals surface area contributed by atoms with E-state index in [1.165, 1.54) is 13.2 Å². The summed E-state index contributed by atoms with van der Waals surface area (Å²) in [6, 6.07) is 8.99. The van der Waals surface area contributed by atoms with Gasteiger partial charge in [0.15, 0.2) is 6.04 Å². The molecule has 0 bridgehead atoms. The van der Waals surface area contributed by atoms with E-state index in [1.807, 2.05) is 0 Å². The Morgan fingerprint density at radius 1 is 1.19 bits per heavy atom. The number of nitrogens with one attached hydrogen (secondary N) is 1. The van der Waals surface area contributed by atoms with Crippen LogP contribution in [0, 0.1) is 11.6 Å². The summed E-state index contributed by atoms with van der Waals surface area (Å²) in [5, 5.41) is 2.88. The normalized spacial score (nSPS) is 11.8. The summed E-state index contributed by atoms with van der Waals surface area (Å²) >= 11 is 3.30. The summed E-state index contributed by atoms with van der Waals surface area (Å²) in [5.74, 6) is -2.18. The van der Waals surface area contributed by atoms with Gasteiger partial charge in [0.25, 0.3) is 0 Å². The van der Waals surface area contributed by atoms with Gasteiger partial charge in [-0.05, 0) is 30.3 Å². The van der Waals surface area contributed by atoms with Crippen molar-refractivity contribution < 1.29 is 18.3 Å². The second kappa shape index (κ2) is 6.67. The summed E-state index contributed by atoms with van der Waals surface area (Å²) in [5.41, 5.74) is 0.628. The van der Waals surface area contributed by atoms with Crippen LogP contribution in [0.4, 0.5) is 14.5 Å². The molecule has 2 aromatic rings. The maximum atomic E-state index is 13.9. The van der Waals surface area contributed by atoms with Gasteiger partial charge >= 0.3 is 5.97 Å². The Kier molecular flexibility index (Phi) is 4.90. The van der Waals surface area contributed by atoms with E-state index in [-0.39, 0.29) is 5.56 Å². The number of hydrogen-bond acceptors (Lipinski definition) is 3. The van der Waals surface area contributed by atoms with Gasteiger partial charge in [0, 0.05) is 21.8 Å². The van der Waals surface area contributed by atoms with Crippen molar-refractivity contribution in [2.45, 2.75) is 6.04 Å². The highest BCUT2D eigenvalue weighted by atomic mass is 79.9. The van der Waals surface area contributed by atoms with E-state index in [4.69, 9.17) is 0 Å². The fourth-order valence-electron chi connectivity index (χ4n) is 1.83. The lowest BCUT2D eigenvalue weighted by atomic mass is 10.1. The monoisotopic (exact) mass is 355 g/mol. The molecule has 0 aliphatic heterocycles. The molecule has 0 radical (unpaired) electrons. The third-order valence-corrected chi connectivity index (χ3v) is 3.39. The smallest absolute Gasteiger partial charge is 0.333 e. The van der Waals surface area contributed by atoms with Gasteiger partial charge in [-0.2, -0.15) is 0 Å². The first-order valence-corrected chi connectivity index (χ1v) is 6.85. The third kappa shape index (κ3) is 3.78. The number of benzene rings is 2. The Labute approximate surface area is 129 Å². The van der Waals surface area contributed by atoms with Gasteiger partial charge in [-0.25, -0.2) is 13.6 Å². The Morgan fingerprint density at radius 2 is 1.86 bits per heavy atom. The predicted molar refractivity (Wildman–Crippen MR) is 78.9 cm³/mol. The third-order valence-electron chi connectivity index (χ3n) is 2.87. The summed E-state index contributed by atoms with van der Waals surface area (Å²) < 4.78 is 32.4. The number of rotatable bonds is 4. The summed E-state index contributed by atoms with van der Waals surface area (Å²) in [4.78, 5) is 11.9. The molecule has 0 aliphatic rings. The molecule has 0 heterocycles. The SMILES string of the molecule is COC(=O)C(Nc1ccc(Br)cc1)c1ccc(F)cc1F. The number of carbonyl (C=O) groups excluding carboxylic acids is 1. The number of esters is 1. The van der Waals surface area contributed by atoms with Crippen LogP contribution < -0.4 is 5.32 Å². The molecule has 3 nitrogen and oxygen atoms in total. The number of methoxy groups -OCH3 is 1. The van der Waals surface area contributed by atoms with Crippen molar-refractivity contribution in [1.82, 2.24) is 0 Å². The van der Waals surface area contributed by atoms with Crippen LogP contribution >= 0.6 is 15.9 Å². The zero-order chi connectivity index (χ0) is 15.4. The number of carbonyl (C=O) groups is 1. The Morgan fingerprint density at radius 3 is 2.43 bits per heavy atom. The summed E-state index contributed by atoms with van der Waals surface area (Å²) in [6.45, 7) is 0. The van der Waals surface area contributed by atoms with Gasteiger partial charge in [0.1, 0.15) is 11.6 Å². The fraction of sp³-hybridized carbons (Fsp3) is 0.133. The largest absolute Gasteiger partial charge is 0.467 e. The molecule has 1 unspecified atom stereocenters. The molecule has 21 heavy (non-hydrogen) atoms. The Hall–Kier alpha value is -1.95. The number of halogens is 3. The van der Waals surface area contributed by atoms with Crippen molar-refractivity contribution >= 4 is 27.6 Å². The van der Waals surface area contributed by atoms with Crippen LogP contribution in [0.5, 0.6) is 0 Å². The van der Waals surface area contributed by atoms with E-state index in [0.29, 0.717) is 5.69 Å². The van der Waals surface area contributed by atoms with Gasteiger partial charge in [0.05, 0.1) is 7.11 Å². The van der Waals surface area contributed by atoms with E-state index >= 15 is 0 Å². The highest BCUT2D eigenvalue weighted by molar-refractivity contribution is 9.10. The molecule has 2 rings (SSSR count). The minimum atomic E-state index is -1.06. The van der Waals surface area contributed by atoms with Crippen molar-refractivity contribution in [2.24, 2.45) is 0 Å². The number of ether oxygens (including phenoxy) is 1. The molecule has 0 aliphatic carbocycles. The van der Waals surface area contributed by atoms with Gasteiger partial charge in [-0.3, -0.25) is 0 Å². The van der Waals surface area contributed by atoms with Crippen molar-refractivity contribution in [3.05, 3.63) is 64.1 Å². The molecule has 0 saturated heterocycles. The summed E-state index contributed by atoms with van der Waals surface area (Å²) in [6.07, 6.45) is 0. The lowest BCUT2D eigenvalue weighted by Crippen LogP contribution is -2.23. The van der Waals surface area contributed by atoms with Crippen LogP contribution in [0.15, 0.2) is 46.9 Å². The quantitative estimate of drug-likeness (QED) is 0.840. The zero-order valence-electron chi connectivity index (χ0n) is 11.1. The first-order chi connectivity index (χ1) is 10.0. The van der Waals surface area contributed by atoms with Gasteiger partial charge in [-0.1, -0.05) is 22.0 Å². The first kappa shape index (κ1) is 15.4. The van der Waals surface area contributed by atoms with E-state index in [9.17, 15) is 13.6 Å². The van der Waals surface area contributed by atoms with Gasteiger partial charge in [-0.15, -0.1) is 0 Å². The molecule has 110 valence electrons. The molecule has 1 atom stereocenters. The Balaban J connectivity index is 2.34. The average molecular weight is 356 g/mol. The Bertz CT molecular complexity index is 647. The van der Waals surface area contributed by atoms with Crippen molar-refractivity contribution in [3.8, 4) is 0 Å². The lowest BCUT2D eigenvalue weighted by Gasteiger charge is -2.18. The molecule has 0 amide bonds. The fourth-order valence-corrected chi connectivity index (χ4v) is 2.09. The molecule has 1 N–H and O–H groups in total. The van der Waals surface area contributed by atoms with Crippen LogP contribution in [0.2, 0.25) is 0 Å². The van der Waals surface area contributed by atoms with Crippen LogP contribution in [0.25, 0.3) is 0 Å². The average Bonchev–Trinajstić information content (AvgIpc) is 2.47. The number of anilines is 1. The molecule has 0 aromatic heterocycles. The molecule has 0 spiro atoms. The highest BCUT2D eigenvalue weighted by Gasteiger charge is 2.24. The van der Waals surface area contributed by atoms with Crippen LogP contribution in [0.1, 0.15) is 11.6 Å². The van der Waals surface area contributed by atoms with Crippen LogP contribution in [-0.4, -0.2) is 13.1 Å². The van der Waals surface area contributed by atoms with E-state index in [0.717, 1.165) is 16.6 Å². The van der Waals surface area contributed by atoms with Crippen molar-refractivity contribution in [1.29, 1.82) is 0 Å². The second-order valence-corrected chi connectivity index (χ2v) is 5.19.